The number of hydrogen-bond donors (Lipinski definition) is 0. The van der Waals surface area contributed by atoms with Crippen LogP contribution in [0.15, 0.2) is 35.8 Å². The highest BCUT2D eigenvalue weighted by molar-refractivity contribution is 7.99. The first-order valence-electron chi connectivity index (χ1n) is 6.05. The molecule has 0 N–H and O–H groups in total. The van der Waals surface area contributed by atoms with Crippen molar-refractivity contribution in [3.8, 4) is 0 Å². The van der Waals surface area contributed by atoms with Gasteiger partial charge in [0.05, 0.1) is 0 Å². The molecule has 0 aliphatic heterocycles. The molecular formula is C16H22S. The van der Waals surface area contributed by atoms with Gasteiger partial charge in [0.2, 0.25) is 0 Å². The van der Waals surface area contributed by atoms with Gasteiger partial charge in [0.1, 0.15) is 0 Å². The zero-order valence-electron chi connectivity index (χ0n) is 11.3. The van der Waals surface area contributed by atoms with Crippen molar-refractivity contribution in [3.63, 3.8) is 0 Å². The Hall–Kier alpha value is -0.950. The molecule has 0 spiro atoms. The molecule has 92 valence electrons. The van der Waals surface area contributed by atoms with E-state index in [-0.39, 0.29) is 0 Å². The zero-order chi connectivity index (χ0) is 12.8. The minimum absolute atomic E-state index is 1.10. The van der Waals surface area contributed by atoms with Crippen molar-refractivity contribution in [1.29, 1.82) is 0 Å². The lowest BCUT2D eigenvalue weighted by molar-refractivity contribution is 1.12. The summed E-state index contributed by atoms with van der Waals surface area (Å²) in [5.41, 5.74) is 5.67. The number of thioether (sulfide) groups is 1. The van der Waals surface area contributed by atoms with Gasteiger partial charge in [-0.3, -0.25) is 0 Å². The van der Waals surface area contributed by atoms with E-state index in [2.05, 4.69) is 46.4 Å². The molecule has 1 aromatic rings. The van der Waals surface area contributed by atoms with Crippen LogP contribution < -0.4 is 0 Å². The van der Waals surface area contributed by atoms with E-state index in [1.165, 1.54) is 27.1 Å². The molecule has 0 saturated carbocycles. The Kier molecular flexibility index (Phi) is 5.57. The predicted octanol–water partition coefficient (Wildman–Crippen LogP) is 5.14. The van der Waals surface area contributed by atoms with E-state index in [1.807, 2.05) is 23.9 Å². The Morgan fingerprint density at radius 2 is 1.71 bits per heavy atom. The summed E-state index contributed by atoms with van der Waals surface area (Å²) in [6.07, 6.45) is 7.12. The summed E-state index contributed by atoms with van der Waals surface area (Å²) >= 11 is 1.97. The van der Waals surface area contributed by atoms with Crippen molar-refractivity contribution >= 4 is 11.8 Å². The third-order valence-electron chi connectivity index (χ3n) is 3.10. The van der Waals surface area contributed by atoms with Crippen LogP contribution in [-0.4, -0.2) is 5.75 Å². The fourth-order valence-corrected chi connectivity index (χ4v) is 3.03. The maximum Gasteiger partial charge on any atom is 0.0136 e. The number of hydrogen-bond acceptors (Lipinski definition) is 1. The molecule has 1 rings (SSSR count). The molecule has 0 amide bonds. The van der Waals surface area contributed by atoms with Gasteiger partial charge >= 0.3 is 0 Å². The standard InChI is InChI=1S/C16H22S/c1-6-7-8-9-10-17-16-14(4)12(2)11-13(3)15(16)5/h6-8,11H,1,9-10H2,2-5H3/b8-7+. The molecule has 0 unspecified atom stereocenters. The molecule has 0 nitrogen and oxygen atoms in total. The van der Waals surface area contributed by atoms with Crippen LogP contribution in [0.1, 0.15) is 28.7 Å². The molecule has 0 radical (unpaired) electrons. The van der Waals surface area contributed by atoms with Gasteiger partial charge < -0.3 is 0 Å². The molecule has 0 bridgehead atoms. The Morgan fingerprint density at radius 1 is 1.12 bits per heavy atom. The number of allylic oxidation sites excluding steroid dienone is 3. The summed E-state index contributed by atoms with van der Waals surface area (Å²) in [7, 11) is 0. The van der Waals surface area contributed by atoms with Crippen LogP contribution in [0, 0.1) is 27.7 Å². The molecule has 0 aliphatic rings. The first-order chi connectivity index (χ1) is 8.07. The number of aryl methyl sites for hydroxylation is 2. The van der Waals surface area contributed by atoms with E-state index in [9.17, 15) is 0 Å². The van der Waals surface area contributed by atoms with Gasteiger partial charge in [0, 0.05) is 10.6 Å². The maximum atomic E-state index is 3.67. The highest BCUT2D eigenvalue weighted by Gasteiger charge is 2.08. The Bertz CT molecular complexity index is 401. The molecular weight excluding hydrogens is 224 g/mol. The zero-order valence-corrected chi connectivity index (χ0v) is 12.2. The van der Waals surface area contributed by atoms with Crippen molar-refractivity contribution in [2.75, 3.05) is 5.75 Å². The highest BCUT2D eigenvalue weighted by Crippen LogP contribution is 2.31. The Labute approximate surface area is 110 Å². The lowest BCUT2D eigenvalue weighted by Gasteiger charge is -2.14. The average Bonchev–Trinajstić information content (AvgIpc) is 2.30. The topological polar surface area (TPSA) is 0 Å². The van der Waals surface area contributed by atoms with Crippen LogP contribution in [0.25, 0.3) is 0 Å². The Balaban J connectivity index is 2.76. The summed E-state index contributed by atoms with van der Waals surface area (Å²) < 4.78 is 0. The fraction of sp³-hybridized carbons (Fsp3) is 0.375. The normalized spacial score (nSPS) is 11.1. The molecule has 0 aromatic heterocycles. The van der Waals surface area contributed by atoms with Gasteiger partial charge in [-0.05, 0) is 56.4 Å². The Morgan fingerprint density at radius 3 is 2.24 bits per heavy atom. The van der Waals surface area contributed by atoms with E-state index in [1.54, 1.807) is 0 Å². The second-order valence-corrected chi connectivity index (χ2v) is 5.50. The van der Waals surface area contributed by atoms with E-state index < -0.39 is 0 Å². The third-order valence-corrected chi connectivity index (χ3v) is 4.44. The minimum atomic E-state index is 1.10. The van der Waals surface area contributed by atoms with Gasteiger partial charge in [-0.15, -0.1) is 11.8 Å². The molecule has 1 aromatic carbocycles. The molecule has 0 atom stereocenters. The van der Waals surface area contributed by atoms with E-state index in [0.29, 0.717) is 0 Å². The smallest absolute Gasteiger partial charge is 0.0136 e. The van der Waals surface area contributed by atoms with Crippen molar-refractivity contribution < 1.29 is 0 Å². The second kappa shape index (κ2) is 6.70. The predicted molar refractivity (Wildman–Crippen MR) is 80.1 cm³/mol. The van der Waals surface area contributed by atoms with Crippen LogP contribution in [-0.2, 0) is 0 Å². The first-order valence-corrected chi connectivity index (χ1v) is 7.04. The first kappa shape index (κ1) is 14.1. The lowest BCUT2D eigenvalue weighted by Crippen LogP contribution is -1.94. The largest absolute Gasteiger partial charge is 0.125 e. The average molecular weight is 246 g/mol. The van der Waals surface area contributed by atoms with E-state index in [4.69, 9.17) is 0 Å². The van der Waals surface area contributed by atoms with Crippen LogP contribution in [0.5, 0.6) is 0 Å². The van der Waals surface area contributed by atoms with Gasteiger partial charge in [-0.2, -0.15) is 0 Å². The highest BCUT2D eigenvalue weighted by atomic mass is 32.2. The van der Waals surface area contributed by atoms with Crippen molar-refractivity contribution in [2.45, 2.75) is 39.0 Å². The molecule has 0 saturated heterocycles. The lowest BCUT2D eigenvalue weighted by atomic mass is 10.0. The van der Waals surface area contributed by atoms with Crippen LogP contribution in [0.2, 0.25) is 0 Å². The number of benzene rings is 1. The van der Waals surface area contributed by atoms with Crippen LogP contribution in [0.3, 0.4) is 0 Å². The van der Waals surface area contributed by atoms with Crippen molar-refractivity contribution in [2.24, 2.45) is 0 Å². The molecule has 1 heteroatoms. The second-order valence-electron chi connectivity index (χ2n) is 4.39. The van der Waals surface area contributed by atoms with E-state index >= 15 is 0 Å². The summed E-state index contributed by atoms with van der Waals surface area (Å²) in [6.45, 7) is 12.5. The minimum Gasteiger partial charge on any atom is -0.125 e. The summed E-state index contributed by atoms with van der Waals surface area (Å²) in [6, 6.07) is 2.28. The molecule has 0 heterocycles. The van der Waals surface area contributed by atoms with Gasteiger partial charge in [-0.1, -0.05) is 30.9 Å². The fourth-order valence-electron chi connectivity index (χ4n) is 1.82. The van der Waals surface area contributed by atoms with Gasteiger partial charge in [0.25, 0.3) is 0 Å². The van der Waals surface area contributed by atoms with Gasteiger partial charge in [-0.25, -0.2) is 0 Å². The van der Waals surface area contributed by atoms with Gasteiger partial charge in [0.15, 0.2) is 0 Å². The van der Waals surface area contributed by atoms with Crippen LogP contribution in [0.4, 0.5) is 0 Å². The molecule has 0 aliphatic carbocycles. The molecule has 0 fully saturated rings. The summed E-state index contributed by atoms with van der Waals surface area (Å²) in [5.74, 6) is 1.13. The summed E-state index contributed by atoms with van der Waals surface area (Å²) in [4.78, 5) is 1.47. The number of rotatable bonds is 5. The molecule has 17 heavy (non-hydrogen) atoms. The summed E-state index contributed by atoms with van der Waals surface area (Å²) in [5, 5.41) is 0. The van der Waals surface area contributed by atoms with E-state index in [0.717, 1.165) is 12.2 Å². The van der Waals surface area contributed by atoms with Crippen molar-refractivity contribution in [1.82, 2.24) is 0 Å². The van der Waals surface area contributed by atoms with Crippen molar-refractivity contribution in [3.05, 3.63) is 53.1 Å². The van der Waals surface area contributed by atoms with Crippen LogP contribution >= 0.6 is 11.8 Å². The monoisotopic (exact) mass is 246 g/mol. The third kappa shape index (κ3) is 3.78. The maximum absolute atomic E-state index is 3.67. The quantitative estimate of drug-likeness (QED) is 0.393. The SMILES string of the molecule is C=C/C=C/CCSc1c(C)c(C)cc(C)c1C.